The molecule has 1 aliphatic heterocycles. The molecule has 0 aromatic heterocycles. The van der Waals surface area contributed by atoms with Crippen LogP contribution in [-0.4, -0.2) is 63.2 Å². The Morgan fingerprint density at radius 3 is 2.59 bits per heavy atom. The topological polar surface area (TPSA) is 61.9 Å². The molecule has 1 N–H and O–H groups in total. The zero-order valence-electron chi connectivity index (χ0n) is 15.4. The van der Waals surface area contributed by atoms with Gasteiger partial charge >= 0.3 is 6.18 Å². The third-order valence-corrected chi connectivity index (χ3v) is 4.34. The van der Waals surface area contributed by atoms with Gasteiger partial charge in [0.15, 0.2) is 0 Å². The molecule has 9 heteroatoms. The van der Waals surface area contributed by atoms with Gasteiger partial charge in [0.2, 0.25) is 11.8 Å². The predicted molar refractivity (Wildman–Crippen MR) is 94.6 cm³/mol. The average molecular weight is 387 g/mol. The van der Waals surface area contributed by atoms with E-state index in [1.54, 1.807) is 36.3 Å². The van der Waals surface area contributed by atoms with Gasteiger partial charge in [0.1, 0.15) is 5.75 Å². The summed E-state index contributed by atoms with van der Waals surface area (Å²) in [6, 6.07) is 7.00. The maximum atomic E-state index is 12.2. The first-order valence-electron chi connectivity index (χ1n) is 8.67. The van der Waals surface area contributed by atoms with E-state index in [4.69, 9.17) is 4.74 Å². The minimum Gasteiger partial charge on any atom is -0.497 e. The average Bonchev–Trinajstić information content (AvgIpc) is 2.99. The van der Waals surface area contributed by atoms with Crippen molar-refractivity contribution in [2.24, 2.45) is 5.92 Å². The molecule has 27 heavy (non-hydrogen) atoms. The van der Waals surface area contributed by atoms with Crippen LogP contribution in [0.5, 0.6) is 5.75 Å². The summed E-state index contributed by atoms with van der Waals surface area (Å²) in [4.78, 5) is 27.2. The largest absolute Gasteiger partial charge is 0.497 e. The molecule has 1 unspecified atom stereocenters. The second-order valence-corrected chi connectivity index (χ2v) is 6.60. The molecular weight excluding hydrogens is 363 g/mol. The Morgan fingerprint density at radius 2 is 2.00 bits per heavy atom. The first-order valence-corrected chi connectivity index (χ1v) is 8.67. The molecule has 2 rings (SSSR count). The molecule has 150 valence electrons. The second-order valence-electron chi connectivity index (χ2n) is 6.60. The van der Waals surface area contributed by atoms with Crippen LogP contribution in [-0.2, 0) is 9.59 Å². The number of anilines is 1. The van der Waals surface area contributed by atoms with Crippen molar-refractivity contribution in [3.8, 4) is 5.75 Å². The lowest BCUT2D eigenvalue weighted by molar-refractivity contribution is -0.143. The lowest BCUT2D eigenvalue weighted by Gasteiger charge is -2.19. The van der Waals surface area contributed by atoms with E-state index in [0.29, 0.717) is 17.9 Å². The standard InChI is InChI=1S/C18H24F3N3O3/c1-23(12-18(19,20)21)9-3-8-22-17(26)13-10-16(25)24(11-13)14-4-6-15(27-2)7-5-14/h4-7,13H,3,8-12H2,1-2H3,(H,22,26). The van der Waals surface area contributed by atoms with Crippen molar-refractivity contribution < 1.29 is 27.5 Å². The molecule has 0 bridgehead atoms. The third kappa shape index (κ3) is 6.42. The van der Waals surface area contributed by atoms with Gasteiger partial charge in [-0.1, -0.05) is 0 Å². The minimum atomic E-state index is -4.23. The van der Waals surface area contributed by atoms with Crippen LogP contribution in [0.15, 0.2) is 24.3 Å². The van der Waals surface area contributed by atoms with E-state index in [1.165, 1.54) is 7.05 Å². The summed E-state index contributed by atoms with van der Waals surface area (Å²) in [7, 11) is 2.94. The van der Waals surface area contributed by atoms with Crippen LogP contribution >= 0.6 is 0 Å². The van der Waals surface area contributed by atoms with Crippen molar-refractivity contribution >= 4 is 17.5 Å². The monoisotopic (exact) mass is 387 g/mol. The number of ether oxygens (including phenoxy) is 1. The Bertz CT molecular complexity index is 649. The van der Waals surface area contributed by atoms with Crippen LogP contribution in [0.2, 0.25) is 0 Å². The normalized spacial score (nSPS) is 17.5. The fourth-order valence-electron chi connectivity index (χ4n) is 2.98. The van der Waals surface area contributed by atoms with E-state index in [-0.39, 0.29) is 37.9 Å². The number of amides is 2. The van der Waals surface area contributed by atoms with Crippen LogP contribution in [0.3, 0.4) is 0 Å². The van der Waals surface area contributed by atoms with E-state index in [0.717, 1.165) is 4.90 Å². The number of hydrogen-bond acceptors (Lipinski definition) is 4. The van der Waals surface area contributed by atoms with Crippen LogP contribution in [0, 0.1) is 5.92 Å². The summed E-state index contributed by atoms with van der Waals surface area (Å²) < 4.78 is 41.8. The van der Waals surface area contributed by atoms with Crippen molar-refractivity contribution in [1.82, 2.24) is 10.2 Å². The molecule has 1 heterocycles. The molecule has 0 spiro atoms. The van der Waals surface area contributed by atoms with Gasteiger partial charge in [-0.3, -0.25) is 14.5 Å². The SMILES string of the molecule is COc1ccc(N2CC(C(=O)NCCCN(C)CC(F)(F)F)CC2=O)cc1. The Kier molecular flexibility index (Phi) is 7.06. The summed E-state index contributed by atoms with van der Waals surface area (Å²) in [5.74, 6) is -0.175. The van der Waals surface area contributed by atoms with Gasteiger partial charge in [0.25, 0.3) is 0 Å². The van der Waals surface area contributed by atoms with Crippen molar-refractivity contribution in [3.63, 3.8) is 0 Å². The highest BCUT2D eigenvalue weighted by molar-refractivity contribution is 6.00. The maximum absolute atomic E-state index is 12.2. The number of benzene rings is 1. The lowest BCUT2D eigenvalue weighted by Crippen LogP contribution is -2.36. The summed E-state index contributed by atoms with van der Waals surface area (Å²) >= 11 is 0. The predicted octanol–water partition coefficient (Wildman–Crippen LogP) is 2.05. The highest BCUT2D eigenvalue weighted by Crippen LogP contribution is 2.26. The summed E-state index contributed by atoms with van der Waals surface area (Å²) in [6.07, 6.45) is -3.71. The Balaban J connectivity index is 1.76. The fourth-order valence-corrected chi connectivity index (χ4v) is 2.98. The zero-order chi connectivity index (χ0) is 20.0. The van der Waals surface area contributed by atoms with Crippen LogP contribution in [0.1, 0.15) is 12.8 Å². The number of hydrogen-bond donors (Lipinski definition) is 1. The first kappa shape index (κ1) is 21.0. The van der Waals surface area contributed by atoms with Gasteiger partial charge in [0, 0.05) is 25.2 Å². The van der Waals surface area contributed by atoms with E-state index < -0.39 is 18.6 Å². The molecule has 1 saturated heterocycles. The van der Waals surface area contributed by atoms with Crippen molar-refractivity contribution in [3.05, 3.63) is 24.3 Å². The number of carbonyl (C=O) groups is 2. The van der Waals surface area contributed by atoms with E-state index in [2.05, 4.69) is 5.32 Å². The number of alkyl halides is 3. The van der Waals surface area contributed by atoms with Gasteiger partial charge < -0.3 is 15.0 Å². The van der Waals surface area contributed by atoms with Gasteiger partial charge in [0.05, 0.1) is 19.6 Å². The van der Waals surface area contributed by atoms with Crippen molar-refractivity contribution in [2.45, 2.75) is 19.0 Å². The zero-order valence-corrected chi connectivity index (χ0v) is 15.4. The van der Waals surface area contributed by atoms with Gasteiger partial charge in [-0.2, -0.15) is 13.2 Å². The summed E-state index contributed by atoms with van der Waals surface area (Å²) in [5.41, 5.74) is 0.699. The van der Waals surface area contributed by atoms with Crippen molar-refractivity contribution in [1.29, 1.82) is 0 Å². The lowest BCUT2D eigenvalue weighted by atomic mass is 10.1. The molecule has 1 aromatic rings. The number of nitrogens with zero attached hydrogens (tertiary/aromatic N) is 2. The molecule has 1 atom stereocenters. The third-order valence-electron chi connectivity index (χ3n) is 4.34. The molecular formula is C18H24F3N3O3. The maximum Gasteiger partial charge on any atom is 0.401 e. The molecule has 2 amide bonds. The van der Waals surface area contributed by atoms with E-state index in [9.17, 15) is 22.8 Å². The number of carbonyl (C=O) groups excluding carboxylic acids is 2. The molecule has 1 fully saturated rings. The minimum absolute atomic E-state index is 0.117. The number of nitrogens with one attached hydrogen (secondary N) is 1. The summed E-state index contributed by atoms with van der Waals surface area (Å²) in [5, 5.41) is 2.71. The van der Waals surface area contributed by atoms with E-state index in [1.807, 2.05) is 0 Å². The Morgan fingerprint density at radius 1 is 1.33 bits per heavy atom. The molecule has 6 nitrogen and oxygen atoms in total. The van der Waals surface area contributed by atoms with E-state index >= 15 is 0 Å². The smallest absolute Gasteiger partial charge is 0.401 e. The molecule has 0 saturated carbocycles. The molecule has 0 radical (unpaired) electrons. The first-order chi connectivity index (χ1) is 12.7. The highest BCUT2D eigenvalue weighted by Gasteiger charge is 2.35. The highest BCUT2D eigenvalue weighted by atomic mass is 19.4. The molecule has 0 aliphatic carbocycles. The van der Waals surface area contributed by atoms with Crippen LogP contribution in [0.25, 0.3) is 0 Å². The van der Waals surface area contributed by atoms with Crippen LogP contribution < -0.4 is 15.0 Å². The Labute approximate surface area is 156 Å². The number of rotatable bonds is 8. The number of halogens is 3. The van der Waals surface area contributed by atoms with Gasteiger partial charge in [-0.05, 0) is 44.3 Å². The molecule has 1 aliphatic rings. The fraction of sp³-hybridized carbons (Fsp3) is 0.556. The Hall–Kier alpha value is -2.29. The second kappa shape index (κ2) is 9.07. The summed E-state index contributed by atoms with van der Waals surface area (Å²) in [6.45, 7) is -0.199. The molecule has 1 aromatic carbocycles. The van der Waals surface area contributed by atoms with Gasteiger partial charge in [-0.15, -0.1) is 0 Å². The van der Waals surface area contributed by atoms with Crippen molar-refractivity contribution in [2.75, 3.05) is 45.2 Å². The number of methoxy groups -OCH3 is 1. The quantitative estimate of drug-likeness (QED) is 0.694. The van der Waals surface area contributed by atoms with Gasteiger partial charge in [-0.25, -0.2) is 0 Å². The van der Waals surface area contributed by atoms with Crippen LogP contribution in [0.4, 0.5) is 18.9 Å².